The van der Waals surface area contributed by atoms with Gasteiger partial charge in [0, 0.05) is 13.1 Å². The summed E-state index contributed by atoms with van der Waals surface area (Å²) in [6, 6.07) is 3.94. The zero-order chi connectivity index (χ0) is 14.7. The van der Waals surface area contributed by atoms with Gasteiger partial charge in [0.1, 0.15) is 13.2 Å². The van der Waals surface area contributed by atoms with E-state index in [1.807, 2.05) is 17.0 Å². The number of rotatable bonds is 2. The maximum absolute atomic E-state index is 6.02. The van der Waals surface area contributed by atoms with Crippen LogP contribution in [0.5, 0.6) is 11.5 Å². The molecule has 3 rings (SSSR count). The van der Waals surface area contributed by atoms with E-state index in [9.17, 15) is 0 Å². The molecular weight excluding hydrogens is 465 g/mol. The van der Waals surface area contributed by atoms with Gasteiger partial charge < -0.3 is 24.8 Å². The third-order valence-corrected chi connectivity index (χ3v) is 4.00. The molecule has 0 spiro atoms. The summed E-state index contributed by atoms with van der Waals surface area (Å²) in [5, 5.41) is 0. The number of halogens is 2. The first-order valence-electron chi connectivity index (χ1n) is 6.94. The number of aliphatic imine (C=N–C) groups is 1. The van der Waals surface area contributed by atoms with Gasteiger partial charge in [-0.2, -0.15) is 0 Å². The first kappa shape index (κ1) is 17.6. The average Bonchev–Trinajstić information content (AvgIpc) is 2.53. The molecule has 2 aliphatic rings. The van der Waals surface area contributed by atoms with Gasteiger partial charge in [0.25, 0.3) is 0 Å². The molecule has 22 heavy (non-hydrogen) atoms. The molecule has 2 aliphatic heterocycles. The highest BCUT2D eigenvalue weighted by Gasteiger charge is 2.16. The van der Waals surface area contributed by atoms with E-state index < -0.39 is 0 Å². The van der Waals surface area contributed by atoms with E-state index in [0.29, 0.717) is 38.9 Å². The molecule has 122 valence electrons. The predicted octanol–water partition coefficient (Wildman–Crippen LogP) is 1.99. The largest absolute Gasteiger partial charge is 0.486 e. The van der Waals surface area contributed by atoms with Gasteiger partial charge in [-0.3, -0.25) is 0 Å². The minimum atomic E-state index is 0. The summed E-state index contributed by atoms with van der Waals surface area (Å²) in [4.78, 5) is 6.49. The van der Waals surface area contributed by atoms with Crippen LogP contribution >= 0.6 is 39.9 Å². The average molecular weight is 484 g/mol. The van der Waals surface area contributed by atoms with E-state index in [1.54, 1.807) is 0 Å². The van der Waals surface area contributed by atoms with E-state index in [0.717, 1.165) is 34.6 Å². The van der Waals surface area contributed by atoms with Crippen molar-refractivity contribution in [3.8, 4) is 11.5 Å². The molecular formula is C14H19BrIN3O3. The topological polar surface area (TPSA) is 69.3 Å². The summed E-state index contributed by atoms with van der Waals surface area (Å²) in [7, 11) is 0. The van der Waals surface area contributed by atoms with E-state index in [1.165, 1.54) is 0 Å². The zero-order valence-electron chi connectivity index (χ0n) is 12.1. The SMILES string of the molecule is I.NC(=NCc1cc(Br)c2c(c1)OCCO2)N1CCOCC1. The molecule has 0 aromatic heterocycles. The Morgan fingerprint density at radius 1 is 1.18 bits per heavy atom. The Bertz CT molecular complexity index is 550. The third kappa shape index (κ3) is 4.17. The van der Waals surface area contributed by atoms with E-state index in [4.69, 9.17) is 19.9 Å². The minimum absolute atomic E-state index is 0. The van der Waals surface area contributed by atoms with Gasteiger partial charge in [0.05, 0.1) is 24.2 Å². The maximum atomic E-state index is 6.02. The van der Waals surface area contributed by atoms with Crippen LogP contribution in [-0.2, 0) is 11.3 Å². The van der Waals surface area contributed by atoms with Gasteiger partial charge in [-0.15, -0.1) is 24.0 Å². The molecule has 1 aromatic carbocycles. The molecule has 0 saturated carbocycles. The van der Waals surface area contributed by atoms with Gasteiger partial charge in [0.15, 0.2) is 17.5 Å². The Labute approximate surface area is 155 Å². The summed E-state index contributed by atoms with van der Waals surface area (Å²) in [5.74, 6) is 2.07. The molecule has 0 amide bonds. The number of fused-ring (bicyclic) bond motifs is 1. The molecule has 8 heteroatoms. The van der Waals surface area contributed by atoms with Crippen LogP contribution in [0.2, 0.25) is 0 Å². The van der Waals surface area contributed by atoms with Crippen LogP contribution in [0, 0.1) is 0 Å². The highest BCUT2D eigenvalue weighted by Crippen LogP contribution is 2.38. The number of benzene rings is 1. The van der Waals surface area contributed by atoms with Crippen LogP contribution in [0.3, 0.4) is 0 Å². The van der Waals surface area contributed by atoms with Crippen molar-refractivity contribution in [3.63, 3.8) is 0 Å². The second-order valence-electron chi connectivity index (χ2n) is 4.88. The summed E-state index contributed by atoms with van der Waals surface area (Å²) in [6.07, 6.45) is 0. The summed E-state index contributed by atoms with van der Waals surface area (Å²) in [5.41, 5.74) is 7.05. The van der Waals surface area contributed by atoms with Crippen LogP contribution in [0.25, 0.3) is 0 Å². The number of ether oxygens (including phenoxy) is 3. The number of nitrogens with zero attached hydrogens (tertiary/aromatic N) is 2. The molecule has 1 fully saturated rings. The standard InChI is InChI=1S/C14H18BrN3O3.HI/c15-11-7-10(8-12-13(11)21-6-5-20-12)9-17-14(16)18-1-3-19-4-2-18;/h7-8H,1-6,9H2,(H2,16,17);1H. The minimum Gasteiger partial charge on any atom is -0.486 e. The van der Waals surface area contributed by atoms with Crippen molar-refractivity contribution in [2.24, 2.45) is 10.7 Å². The lowest BCUT2D eigenvalue weighted by Crippen LogP contribution is -2.44. The highest BCUT2D eigenvalue weighted by atomic mass is 127. The smallest absolute Gasteiger partial charge is 0.191 e. The second kappa shape index (κ2) is 8.21. The summed E-state index contributed by atoms with van der Waals surface area (Å²) in [6.45, 7) is 4.64. The molecule has 0 atom stereocenters. The summed E-state index contributed by atoms with van der Waals surface area (Å²) < 4.78 is 17.4. The molecule has 2 N–H and O–H groups in total. The second-order valence-corrected chi connectivity index (χ2v) is 5.73. The summed E-state index contributed by atoms with van der Waals surface area (Å²) >= 11 is 3.50. The highest BCUT2D eigenvalue weighted by molar-refractivity contribution is 14.0. The maximum Gasteiger partial charge on any atom is 0.191 e. The molecule has 2 heterocycles. The van der Waals surface area contributed by atoms with Crippen LogP contribution in [-0.4, -0.2) is 50.4 Å². The Morgan fingerprint density at radius 3 is 2.68 bits per heavy atom. The molecule has 1 saturated heterocycles. The van der Waals surface area contributed by atoms with Crippen molar-refractivity contribution < 1.29 is 14.2 Å². The number of hydrogen-bond acceptors (Lipinski definition) is 4. The van der Waals surface area contributed by atoms with E-state index >= 15 is 0 Å². The first-order valence-corrected chi connectivity index (χ1v) is 7.74. The molecule has 1 aromatic rings. The monoisotopic (exact) mass is 483 g/mol. The van der Waals surface area contributed by atoms with Gasteiger partial charge >= 0.3 is 0 Å². The van der Waals surface area contributed by atoms with E-state index in [2.05, 4.69) is 20.9 Å². The molecule has 0 aliphatic carbocycles. The lowest BCUT2D eigenvalue weighted by atomic mass is 10.2. The fourth-order valence-corrected chi connectivity index (χ4v) is 2.92. The first-order chi connectivity index (χ1) is 10.2. The Balaban J connectivity index is 0.00000176. The van der Waals surface area contributed by atoms with Crippen molar-refractivity contribution in [2.45, 2.75) is 6.54 Å². The number of morpholine rings is 1. The fourth-order valence-electron chi connectivity index (χ4n) is 2.32. The number of nitrogens with two attached hydrogens (primary N) is 1. The molecule has 0 bridgehead atoms. The Morgan fingerprint density at radius 2 is 1.91 bits per heavy atom. The van der Waals surface area contributed by atoms with Crippen molar-refractivity contribution in [3.05, 3.63) is 22.2 Å². The third-order valence-electron chi connectivity index (χ3n) is 3.42. The fraction of sp³-hybridized carbons (Fsp3) is 0.500. The number of guanidine groups is 1. The van der Waals surface area contributed by atoms with E-state index in [-0.39, 0.29) is 24.0 Å². The van der Waals surface area contributed by atoms with Crippen molar-refractivity contribution in [2.75, 3.05) is 39.5 Å². The van der Waals surface area contributed by atoms with Crippen LogP contribution < -0.4 is 15.2 Å². The lowest BCUT2D eigenvalue weighted by Gasteiger charge is -2.27. The molecule has 6 nitrogen and oxygen atoms in total. The number of hydrogen-bond donors (Lipinski definition) is 1. The normalized spacial score (nSPS) is 17.9. The Kier molecular flexibility index (Phi) is 6.57. The van der Waals surface area contributed by atoms with Gasteiger partial charge in [-0.25, -0.2) is 4.99 Å². The van der Waals surface area contributed by atoms with Crippen molar-refractivity contribution in [1.82, 2.24) is 4.90 Å². The Hall–Kier alpha value is -0.740. The quantitative estimate of drug-likeness (QED) is 0.396. The van der Waals surface area contributed by atoms with Crippen molar-refractivity contribution in [1.29, 1.82) is 0 Å². The lowest BCUT2D eigenvalue weighted by molar-refractivity contribution is 0.0674. The molecule has 0 unspecified atom stereocenters. The van der Waals surface area contributed by atoms with Crippen LogP contribution in [0.1, 0.15) is 5.56 Å². The van der Waals surface area contributed by atoms with Gasteiger partial charge in [-0.1, -0.05) is 0 Å². The van der Waals surface area contributed by atoms with Crippen LogP contribution in [0.15, 0.2) is 21.6 Å². The van der Waals surface area contributed by atoms with Crippen molar-refractivity contribution >= 4 is 45.9 Å². The van der Waals surface area contributed by atoms with Crippen LogP contribution in [0.4, 0.5) is 0 Å². The predicted molar refractivity (Wildman–Crippen MR) is 98.3 cm³/mol. The molecule has 0 radical (unpaired) electrons. The van der Waals surface area contributed by atoms with Gasteiger partial charge in [-0.05, 0) is 33.6 Å². The van der Waals surface area contributed by atoms with Gasteiger partial charge in [0.2, 0.25) is 0 Å². The zero-order valence-corrected chi connectivity index (χ0v) is 16.0.